The SMILES string of the molecule is CC(C)CCCn1cc(C(=O)NCCOCCOCCNC(=O)CC(C)C)nn1. The van der Waals surface area contributed by atoms with E-state index in [0.29, 0.717) is 63.5 Å². The maximum atomic E-state index is 12.0. The van der Waals surface area contributed by atoms with E-state index in [4.69, 9.17) is 9.47 Å². The van der Waals surface area contributed by atoms with Gasteiger partial charge in [-0.3, -0.25) is 14.3 Å². The van der Waals surface area contributed by atoms with E-state index in [1.165, 1.54) is 0 Å². The summed E-state index contributed by atoms with van der Waals surface area (Å²) in [5, 5.41) is 13.5. The molecule has 0 spiro atoms. The third kappa shape index (κ3) is 13.0. The molecule has 1 aromatic rings. The highest BCUT2D eigenvalue weighted by Gasteiger charge is 2.10. The lowest BCUT2D eigenvalue weighted by Gasteiger charge is -2.08. The van der Waals surface area contributed by atoms with Crippen LogP contribution in [0.4, 0.5) is 0 Å². The molecule has 0 bridgehead atoms. The van der Waals surface area contributed by atoms with Crippen LogP contribution in [0.3, 0.4) is 0 Å². The number of aromatic nitrogens is 3. The molecule has 0 atom stereocenters. The Morgan fingerprint density at radius 1 is 1.00 bits per heavy atom. The molecule has 166 valence electrons. The molecule has 0 saturated heterocycles. The molecule has 0 radical (unpaired) electrons. The molecule has 2 amide bonds. The Balaban J connectivity index is 1.99. The van der Waals surface area contributed by atoms with Crippen LogP contribution in [0.1, 0.15) is 57.4 Å². The Labute approximate surface area is 173 Å². The molecule has 1 aromatic heterocycles. The van der Waals surface area contributed by atoms with Crippen molar-refractivity contribution in [1.82, 2.24) is 25.6 Å². The number of amides is 2. The number of rotatable bonds is 16. The second-order valence-electron chi connectivity index (χ2n) is 7.83. The first kappa shape index (κ1) is 25.0. The van der Waals surface area contributed by atoms with Gasteiger partial charge in [-0.1, -0.05) is 32.9 Å². The van der Waals surface area contributed by atoms with Crippen LogP contribution in [0.2, 0.25) is 0 Å². The molecule has 0 aliphatic carbocycles. The standard InChI is InChI=1S/C20H37N5O4/c1-16(2)6-5-9-25-15-18(23-24-25)20(27)22-8-11-29-13-12-28-10-7-21-19(26)14-17(3)4/h15-17H,5-14H2,1-4H3,(H,21,26)(H,22,27). The fraction of sp³-hybridized carbons (Fsp3) is 0.800. The highest BCUT2D eigenvalue weighted by atomic mass is 16.5. The Hall–Kier alpha value is -2.00. The van der Waals surface area contributed by atoms with Crippen LogP contribution >= 0.6 is 0 Å². The van der Waals surface area contributed by atoms with Gasteiger partial charge in [0.1, 0.15) is 0 Å². The van der Waals surface area contributed by atoms with E-state index in [1.54, 1.807) is 10.9 Å². The summed E-state index contributed by atoms with van der Waals surface area (Å²) in [5.41, 5.74) is 0.317. The molecule has 9 heteroatoms. The molecule has 0 aromatic carbocycles. The molecule has 1 rings (SSSR count). The quantitative estimate of drug-likeness (QED) is 0.401. The van der Waals surface area contributed by atoms with E-state index in [9.17, 15) is 9.59 Å². The predicted molar refractivity (Wildman–Crippen MR) is 111 cm³/mol. The van der Waals surface area contributed by atoms with Crippen molar-refractivity contribution >= 4 is 11.8 Å². The molecule has 0 aliphatic rings. The van der Waals surface area contributed by atoms with Crippen LogP contribution in [0.25, 0.3) is 0 Å². The summed E-state index contributed by atoms with van der Waals surface area (Å²) in [6, 6.07) is 0. The van der Waals surface area contributed by atoms with Crippen molar-refractivity contribution in [2.24, 2.45) is 11.8 Å². The van der Waals surface area contributed by atoms with Crippen molar-refractivity contribution in [3.8, 4) is 0 Å². The summed E-state index contributed by atoms with van der Waals surface area (Å²) in [6.07, 6.45) is 4.34. The molecular weight excluding hydrogens is 374 g/mol. The minimum atomic E-state index is -0.253. The van der Waals surface area contributed by atoms with Crippen LogP contribution in [0.5, 0.6) is 0 Å². The second-order valence-corrected chi connectivity index (χ2v) is 7.83. The molecule has 0 saturated carbocycles. The number of nitrogens with zero attached hydrogens (tertiary/aromatic N) is 3. The van der Waals surface area contributed by atoms with Crippen molar-refractivity contribution in [3.63, 3.8) is 0 Å². The fourth-order valence-corrected chi connectivity index (χ4v) is 2.53. The first-order valence-corrected chi connectivity index (χ1v) is 10.5. The zero-order chi connectivity index (χ0) is 21.5. The Kier molecular flexibility index (Phi) is 12.9. The number of aryl methyl sites for hydroxylation is 1. The first-order chi connectivity index (χ1) is 13.9. The summed E-state index contributed by atoms with van der Waals surface area (Å²) in [7, 11) is 0. The minimum Gasteiger partial charge on any atom is -0.377 e. The van der Waals surface area contributed by atoms with Gasteiger partial charge in [0.25, 0.3) is 5.91 Å². The molecule has 2 N–H and O–H groups in total. The Morgan fingerprint density at radius 3 is 2.28 bits per heavy atom. The van der Waals surface area contributed by atoms with E-state index in [-0.39, 0.29) is 11.8 Å². The average molecular weight is 412 g/mol. The number of carbonyl (C=O) groups is 2. The summed E-state index contributed by atoms with van der Waals surface area (Å²) in [5.74, 6) is 0.803. The Bertz CT molecular complexity index is 589. The van der Waals surface area contributed by atoms with Gasteiger partial charge in [-0.2, -0.15) is 0 Å². The summed E-state index contributed by atoms with van der Waals surface area (Å²) in [6.45, 7) is 11.8. The van der Waals surface area contributed by atoms with Crippen molar-refractivity contribution in [2.45, 2.75) is 53.5 Å². The van der Waals surface area contributed by atoms with Crippen molar-refractivity contribution in [2.75, 3.05) is 39.5 Å². The van der Waals surface area contributed by atoms with Crippen LogP contribution in [0.15, 0.2) is 6.20 Å². The van der Waals surface area contributed by atoms with Crippen LogP contribution in [-0.4, -0.2) is 66.3 Å². The van der Waals surface area contributed by atoms with E-state index in [2.05, 4.69) is 34.8 Å². The summed E-state index contributed by atoms with van der Waals surface area (Å²) < 4.78 is 12.5. The van der Waals surface area contributed by atoms with Gasteiger partial charge in [0.05, 0.1) is 32.6 Å². The number of hydrogen-bond donors (Lipinski definition) is 2. The fourth-order valence-electron chi connectivity index (χ4n) is 2.53. The van der Waals surface area contributed by atoms with Crippen molar-refractivity contribution in [1.29, 1.82) is 0 Å². The van der Waals surface area contributed by atoms with Gasteiger partial charge < -0.3 is 20.1 Å². The van der Waals surface area contributed by atoms with Gasteiger partial charge in [0, 0.05) is 26.1 Å². The highest BCUT2D eigenvalue weighted by Crippen LogP contribution is 2.05. The monoisotopic (exact) mass is 411 g/mol. The largest absolute Gasteiger partial charge is 0.377 e. The van der Waals surface area contributed by atoms with E-state index in [1.807, 2.05) is 13.8 Å². The molecule has 29 heavy (non-hydrogen) atoms. The van der Waals surface area contributed by atoms with Gasteiger partial charge in [0.2, 0.25) is 5.91 Å². The Morgan fingerprint density at radius 2 is 1.66 bits per heavy atom. The van der Waals surface area contributed by atoms with Gasteiger partial charge >= 0.3 is 0 Å². The van der Waals surface area contributed by atoms with Crippen LogP contribution in [0, 0.1) is 11.8 Å². The molecule has 0 fully saturated rings. The zero-order valence-corrected chi connectivity index (χ0v) is 18.3. The van der Waals surface area contributed by atoms with Crippen LogP contribution in [-0.2, 0) is 20.8 Å². The topological polar surface area (TPSA) is 107 Å². The molecule has 0 aliphatic heterocycles. The maximum Gasteiger partial charge on any atom is 0.273 e. The van der Waals surface area contributed by atoms with Crippen molar-refractivity contribution in [3.05, 3.63) is 11.9 Å². The molecule has 9 nitrogen and oxygen atoms in total. The lowest BCUT2D eigenvalue weighted by atomic mass is 10.1. The maximum absolute atomic E-state index is 12.0. The van der Waals surface area contributed by atoms with Gasteiger partial charge in [-0.05, 0) is 24.7 Å². The van der Waals surface area contributed by atoms with Crippen molar-refractivity contribution < 1.29 is 19.1 Å². The first-order valence-electron chi connectivity index (χ1n) is 10.5. The van der Waals surface area contributed by atoms with Gasteiger partial charge in [0.15, 0.2) is 5.69 Å². The normalized spacial score (nSPS) is 11.2. The highest BCUT2D eigenvalue weighted by molar-refractivity contribution is 5.91. The number of ether oxygens (including phenoxy) is 2. The van der Waals surface area contributed by atoms with E-state index >= 15 is 0 Å². The smallest absolute Gasteiger partial charge is 0.273 e. The second kappa shape index (κ2) is 14.9. The third-order valence-corrected chi connectivity index (χ3v) is 4.01. The number of nitrogens with one attached hydrogen (secondary N) is 2. The number of hydrogen-bond acceptors (Lipinski definition) is 6. The zero-order valence-electron chi connectivity index (χ0n) is 18.3. The lowest BCUT2D eigenvalue weighted by molar-refractivity contribution is -0.122. The van der Waals surface area contributed by atoms with E-state index < -0.39 is 0 Å². The lowest BCUT2D eigenvalue weighted by Crippen LogP contribution is -2.29. The average Bonchev–Trinajstić information content (AvgIpc) is 3.11. The van der Waals surface area contributed by atoms with E-state index in [0.717, 1.165) is 19.4 Å². The molecule has 0 unspecified atom stereocenters. The summed E-state index contributed by atoms with van der Waals surface area (Å²) in [4.78, 5) is 23.5. The van der Waals surface area contributed by atoms with Crippen LogP contribution < -0.4 is 10.6 Å². The minimum absolute atomic E-state index is 0.0474. The predicted octanol–water partition coefficient (Wildman–Crippen LogP) is 1.64. The number of carbonyl (C=O) groups excluding carboxylic acids is 2. The molecule has 1 heterocycles. The van der Waals surface area contributed by atoms with Gasteiger partial charge in [-0.25, -0.2) is 0 Å². The third-order valence-electron chi connectivity index (χ3n) is 4.01. The summed E-state index contributed by atoms with van der Waals surface area (Å²) >= 11 is 0. The van der Waals surface area contributed by atoms with Gasteiger partial charge in [-0.15, -0.1) is 5.10 Å². The molecular formula is C20H37N5O4.